The molecule has 0 heterocycles. The lowest BCUT2D eigenvalue weighted by Gasteiger charge is -2.31. The van der Waals surface area contributed by atoms with E-state index in [1.165, 1.54) is 32.1 Å². The van der Waals surface area contributed by atoms with Crippen molar-refractivity contribution in [3.05, 3.63) is 0 Å². The van der Waals surface area contributed by atoms with E-state index < -0.39 is 10.1 Å². The number of hydrogen-bond donors (Lipinski definition) is 3. The zero-order valence-electron chi connectivity index (χ0n) is 16.8. The average molecular weight is 397 g/mol. The second kappa shape index (κ2) is 12.5. The first-order valence-corrected chi connectivity index (χ1v) is 11.7. The molecule has 1 saturated carbocycles. The summed E-state index contributed by atoms with van der Waals surface area (Å²) in [7, 11) is -1.62. The van der Waals surface area contributed by atoms with Gasteiger partial charge in [-0.25, -0.2) is 0 Å². The Morgan fingerprint density at radius 3 is 2.16 bits per heavy atom. The largest absolute Gasteiger partial charge is 0.314 e. The molecular weight excluding hydrogens is 356 g/mol. The van der Waals surface area contributed by atoms with E-state index >= 15 is 0 Å². The summed E-state index contributed by atoms with van der Waals surface area (Å²) >= 11 is 4.16. The van der Waals surface area contributed by atoms with Crippen LogP contribution in [0.4, 0.5) is 0 Å². The van der Waals surface area contributed by atoms with Crippen molar-refractivity contribution in [1.29, 1.82) is 0 Å². The normalized spacial score (nSPS) is 21.8. The SMILES string of the molecule is CC1CCC(NCCCS(=O)(=O)O)CC1.CN(CCCS)C(C)(C)C. The Morgan fingerprint density at radius 2 is 1.72 bits per heavy atom. The van der Waals surface area contributed by atoms with Gasteiger partial charge in [-0.1, -0.05) is 6.92 Å². The van der Waals surface area contributed by atoms with Crippen LogP contribution in [0.25, 0.3) is 0 Å². The van der Waals surface area contributed by atoms with Crippen LogP contribution in [0.5, 0.6) is 0 Å². The van der Waals surface area contributed by atoms with Crippen LogP contribution in [0.1, 0.15) is 66.2 Å². The summed E-state index contributed by atoms with van der Waals surface area (Å²) in [6.45, 7) is 10.8. The first-order chi connectivity index (χ1) is 11.5. The van der Waals surface area contributed by atoms with Crippen LogP contribution in [-0.4, -0.2) is 61.1 Å². The van der Waals surface area contributed by atoms with Crippen molar-refractivity contribution >= 4 is 22.7 Å². The lowest BCUT2D eigenvalue weighted by atomic mass is 9.87. The molecule has 0 aromatic carbocycles. The Kier molecular flexibility index (Phi) is 12.6. The topological polar surface area (TPSA) is 69.6 Å². The number of nitrogens with zero attached hydrogens (tertiary/aromatic N) is 1. The quantitative estimate of drug-likeness (QED) is 0.333. The van der Waals surface area contributed by atoms with Crippen LogP contribution in [0.2, 0.25) is 0 Å². The maximum atomic E-state index is 10.5. The Hall–Kier alpha value is 0.180. The van der Waals surface area contributed by atoms with Crippen LogP contribution >= 0.6 is 12.6 Å². The molecule has 0 radical (unpaired) electrons. The fourth-order valence-corrected chi connectivity index (χ4v) is 3.32. The predicted octanol–water partition coefficient (Wildman–Crippen LogP) is 3.47. The maximum absolute atomic E-state index is 10.5. The number of nitrogens with one attached hydrogen (secondary N) is 1. The fourth-order valence-electron chi connectivity index (χ4n) is 2.67. The standard InChI is InChI=1S/C10H21NO3S.C8H19NS/c1-9-3-5-10(6-4-9)11-7-2-8-15(12,13)14;1-8(2,3)9(4)6-5-7-10/h9-11H,2-8H2,1H3,(H,12,13,14);10H,5-7H2,1-4H3. The summed E-state index contributed by atoms with van der Waals surface area (Å²) in [4.78, 5) is 2.35. The van der Waals surface area contributed by atoms with Gasteiger partial charge in [0.2, 0.25) is 0 Å². The summed E-state index contributed by atoms with van der Waals surface area (Å²) in [6, 6.07) is 0.544. The van der Waals surface area contributed by atoms with E-state index in [1.54, 1.807) is 0 Å². The van der Waals surface area contributed by atoms with Gasteiger partial charge in [-0.2, -0.15) is 21.0 Å². The summed E-state index contributed by atoms with van der Waals surface area (Å²) in [5.41, 5.74) is 0.308. The Balaban J connectivity index is 0.000000504. The highest BCUT2D eigenvalue weighted by atomic mass is 32.2. The van der Waals surface area contributed by atoms with Gasteiger partial charge in [-0.3, -0.25) is 4.55 Å². The third-order valence-electron chi connectivity index (χ3n) is 4.82. The van der Waals surface area contributed by atoms with E-state index in [0.717, 1.165) is 18.2 Å². The van der Waals surface area contributed by atoms with Gasteiger partial charge in [0, 0.05) is 11.6 Å². The molecule has 0 unspecified atom stereocenters. The molecule has 1 fully saturated rings. The van der Waals surface area contributed by atoms with Gasteiger partial charge in [0.1, 0.15) is 0 Å². The van der Waals surface area contributed by atoms with Gasteiger partial charge in [0.05, 0.1) is 5.75 Å². The predicted molar refractivity (Wildman–Crippen MR) is 111 cm³/mol. The monoisotopic (exact) mass is 396 g/mol. The number of rotatable bonds is 8. The molecule has 1 rings (SSSR count). The van der Waals surface area contributed by atoms with Crippen LogP contribution in [0.3, 0.4) is 0 Å². The second-order valence-electron chi connectivity index (χ2n) is 8.22. The molecule has 5 nitrogen and oxygen atoms in total. The van der Waals surface area contributed by atoms with Crippen LogP contribution in [0, 0.1) is 5.92 Å². The Labute approximate surface area is 161 Å². The summed E-state index contributed by atoms with van der Waals surface area (Å²) in [5, 5.41) is 3.34. The van der Waals surface area contributed by atoms with Crippen molar-refractivity contribution in [2.75, 3.05) is 31.6 Å². The third kappa shape index (κ3) is 15.0. The van der Waals surface area contributed by atoms with Crippen LogP contribution < -0.4 is 5.32 Å². The first-order valence-electron chi connectivity index (χ1n) is 9.46. The average Bonchev–Trinajstić information content (AvgIpc) is 2.49. The van der Waals surface area contributed by atoms with Crippen molar-refractivity contribution in [2.24, 2.45) is 5.92 Å². The molecule has 152 valence electrons. The van der Waals surface area contributed by atoms with Crippen LogP contribution in [0.15, 0.2) is 0 Å². The molecule has 0 saturated heterocycles. The number of thiol groups is 1. The highest BCUT2D eigenvalue weighted by Gasteiger charge is 2.17. The van der Waals surface area contributed by atoms with Crippen molar-refractivity contribution < 1.29 is 13.0 Å². The lowest BCUT2D eigenvalue weighted by Crippen LogP contribution is -2.38. The van der Waals surface area contributed by atoms with Crippen molar-refractivity contribution in [3.63, 3.8) is 0 Å². The molecule has 25 heavy (non-hydrogen) atoms. The van der Waals surface area contributed by atoms with Gasteiger partial charge in [-0.05, 0) is 91.1 Å². The molecule has 0 atom stereocenters. The molecule has 0 aromatic rings. The first kappa shape index (κ1) is 25.2. The van der Waals surface area contributed by atoms with Gasteiger partial charge in [0.15, 0.2) is 0 Å². The molecule has 0 aliphatic heterocycles. The van der Waals surface area contributed by atoms with Gasteiger partial charge in [0.25, 0.3) is 10.1 Å². The molecule has 0 amide bonds. The van der Waals surface area contributed by atoms with Gasteiger partial charge >= 0.3 is 0 Å². The van der Waals surface area contributed by atoms with Crippen LogP contribution in [-0.2, 0) is 10.1 Å². The molecule has 1 aliphatic carbocycles. The second-order valence-corrected chi connectivity index (χ2v) is 10.2. The van der Waals surface area contributed by atoms with Crippen molar-refractivity contribution in [1.82, 2.24) is 10.2 Å². The Bertz CT molecular complexity index is 428. The van der Waals surface area contributed by atoms with Crippen molar-refractivity contribution in [3.8, 4) is 0 Å². The highest BCUT2D eigenvalue weighted by Crippen LogP contribution is 2.23. The summed E-state index contributed by atoms with van der Waals surface area (Å²) in [5.74, 6) is 1.68. The molecule has 1 aliphatic rings. The van der Waals surface area contributed by atoms with Gasteiger partial charge in [-0.15, -0.1) is 0 Å². The fraction of sp³-hybridized carbons (Fsp3) is 1.00. The molecule has 0 aromatic heterocycles. The van der Waals surface area contributed by atoms with Crippen molar-refractivity contribution in [2.45, 2.75) is 77.8 Å². The molecular formula is C18H40N2O3S2. The summed E-state index contributed by atoms with van der Waals surface area (Å²) < 4.78 is 29.4. The van der Waals surface area contributed by atoms with E-state index in [0.29, 0.717) is 24.5 Å². The van der Waals surface area contributed by atoms with E-state index in [2.05, 4.69) is 57.6 Å². The highest BCUT2D eigenvalue weighted by molar-refractivity contribution is 7.85. The lowest BCUT2D eigenvalue weighted by molar-refractivity contribution is 0.177. The molecule has 2 N–H and O–H groups in total. The van der Waals surface area contributed by atoms with E-state index in [9.17, 15) is 8.42 Å². The smallest absolute Gasteiger partial charge is 0.264 e. The minimum atomic E-state index is -3.78. The number of hydrogen-bond acceptors (Lipinski definition) is 5. The maximum Gasteiger partial charge on any atom is 0.264 e. The van der Waals surface area contributed by atoms with E-state index in [1.807, 2.05) is 0 Å². The van der Waals surface area contributed by atoms with Gasteiger partial charge < -0.3 is 10.2 Å². The third-order valence-corrected chi connectivity index (χ3v) is 5.95. The molecule has 0 bridgehead atoms. The summed E-state index contributed by atoms with van der Waals surface area (Å²) in [6.07, 6.45) is 6.56. The molecule has 7 heteroatoms. The Morgan fingerprint density at radius 1 is 1.16 bits per heavy atom. The zero-order valence-corrected chi connectivity index (χ0v) is 18.5. The minimum Gasteiger partial charge on any atom is -0.314 e. The van der Waals surface area contributed by atoms with E-state index in [4.69, 9.17) is 4.55 Å². The minimum absolute atomic E-state index is 0.136. The molecule has 0 spiro atoms. The zero-order chi connectivity index (χ0) is 19.5. The van der Waals surface area contributed by atoms with E-state index in [-0.39, 0.29) is 5.75 Å².